The molecule has 10 heteroatoms. The third kappa shape index (κ3) is 4.82. The van der Waals surface area contributed by atoms with Crippen molar-refractivity contribution in [2.45, 2.75) is 30.8 Å². The minimum atomic E-state index is -0.389. The van der Waals surface area contributed by atoms with Gasteiger partial charge in [0.05, 0.1) is 25.2 Å². The number of carbonyl (C=O) groups is 1. The molecule has 3 aromatic rings. The molecule has 3 rings (SSSR count). The number of carbonyl (C=O) groups excluding carboxylic acids is 1. The van der Waals surface area contributed by atoms with Gasteiger partial charge in [-0.3, -0.25) is 9.36 Å². The summed E-state index contributed by atoms with van der Waals surface area (Å²) in [6.07, 6.45) is 1.76. The number of methoxy groups -OCH3 is 2. The topological polar surface area (TPSA) is 91.2 Å². The number of rotatable bonds is 9. The highest BCUT2D eigenvalue weighted by molar-refractivity contribution is 8.00. The Balaban J connectivity index is 1.83. The first-order chi connectivity index (χ1) is 14.5. The molecule has 0 aliphatic carbocycles. The lowest BCUT2D eigenvalue weighted by molar-refractivity contribution is -0.115. The first-order valence-electron chi connectivity index (χ1n) is 9.13. The molecule has 158 valence electrons. The molecule has 1 amide bonds. The molecule has 0 bridgehead atoms. The second kappa shape index (κ2) is 9.77. The van der Waals surface area contributed by atoms with E-state index in [4.69, 9.17) is 9.47 Å². The SMILES string of the molecule is C=CCn1c(SC(C)C(=O)Nc2nc(C)cs2)nnc1-c1ccc(OC)c(OC)c1. The Morgan fingerprint density at radius 2 is 2.10 bits per heavy atom. The largest absolute Gasteiger partial charge is 0.493 e. The Morgan fingerprint density at radius 3 is 2.73 bits per heavy atom. The minimum Gasteiger partial charge on any atom is -0.493 e. The second-order valence-corrected chi connectivity index (χ2v) is 8.48. The molecule has 0 saturated heterocycles. The van der Waals surface area contributed by atoms with Gasteiger partial charge < -0.3 is 14.8 Å². The van der Waals surface area contributed by atoms with E-state index in [1.807, 2.05) is 42.0 Å². The van der Waals surface area contributed by atoms with Gasteiger partial charge in [-0.05, 0) is 32.0 Å². The van der Waals surface area contributed by atoms with Gasteiger partial charge in [-0.15, -0.1) is 28.1 Å². The maximum absolute atomic E-state index is 12.6. The van der Waals surface area contributed by atoms with E-state index in [0.717, 1.165) is 11.3 Å². The Hall–Kier alpha value is -2.85. The van der Waals surface area contributed by atoms with E-state index in [1.54, 1.807) is 20.3 Å². The molecule has 0 aliphatic heterocycles. The molecule has 2 aromatic heterocycles. The zero-order valence-electron chi connectivity index (χ0n) is 17.2. The highest BCUT2D eigenvalue weighted by atomic mass is 32.2. The smallest absolute Gasteiger partial charge is 0.239 e. The Morgan fingerprint density at radius 1 is 1.33 bits per heavy atom. The van der Waals surface area contributed by atoms with Crippen LogP contribution in [-0.2, 0) is 11.3 Å². The highest BCUT2D eigenvalue weighted by Gasteiger charge is 2.22. The van der Waals surface area contributed by atoms with Crippen molar-refractivity contribution in [1.29, 1.82) is 0 Å². The molecule has 1 N–H and O–H groups in total. The number of thioether (sulfide) groups is 1. The van der Waals surface area contributed by atoms with Gasteiger partial charge in [-0.1, -0.05) is 17.8 Å². The van der Waals surface area contributed by atoms with Crippen LogP contribution in [0.25, 0.3) is 11.4 Å². The number of anilines is 1. The normalized spacial score (nSPS) is 11.7. The number of aromatic nitrogens is 4. The molecule has 0 saturated carbocycles. The number of benzene rings is 1. The van der Waals surface area contributed by atoms with Crippen LogP contribution in [0.1, 0.15) is 12.6 Å². The molecule has 30 heavy (non-hydrogen) atoms. The van der Waals surface area contributed by atoms with E-state index in [-0.39, 0.29) is 11.2 Å². The van der Waals surface area contributed by atoms with Crippen LogP contribution in [0, 0.1) is 6.92 Å². The Labute approximate surface area is 183 Å². The Kier molecular flexibility index (Phi) is 7.11. The zero-order chi connectivity index (χ0) is 21.7. The average Bonchev–Trinajstić information content (AvgIpc) is 3.33. The summed E-state index contributed by atoms with van der Waals surface area (Å²) in [5.74, 6) is 1.74. The fourth-order valence-electron chi connectivity index (χ4n) is 2.69. The maximum atomic E-state index is 12.6. The van der Waals surface area contributed by atoms with Crippen LogP contribution in [0.15, 0.2) is 41.4 Å². The van der Waals surface area contributed by atoms with Crippen LogP contribution in [0.2, 0.25) is 0 Å². The molecular formula is C20H23N5O3S2. The van der Waals surface area contributed by atoms with E-state index in [0.29, 0.717) is 34.2 Å². The molecule has 0 spiro atoms. The lowest BCUT2D eigenvalue weighted by Gasteiger charge is -2.13. The standard InChI is InChI=1S/C20H23N5O3S2/c1-6-9-25-17(14-7-8-15(27-4)16(10-14)28-5)23-24-20(25)30-13(3)18(26)22-19-21-12(2)11-29-19/h6-8,10-11,13H,1,9H2,2-5H3,(H,21,22,26). The third-order valence-corrected chi connectivity index (χ3v) is 6.13. The van der Waals surface area contributed by atoms with Crippen LogP contribution in [0.5, 0.6) is 11.5 Å². The molecule has 0 radical (unpaired) electrons. The minimum absolute atomic E-state index is 0.143. The van der Waals surface area contributed by atoms with Gasteiger partial charge in [0.25, 0.3) is 0 Å². The second-order valence-electron chi connectivity index (χ2n) is 6.32. The number of nitrogens with zero attached hydrogens (tertiary/aromatic N) is 4. The summed E-state index contributed by atoms with van der Waals surface area (Å²) in [4.78, 5) is 16.8. The van der Waals surface area contributed by atoms with Gasteiger partial charge in [0.2, 0.25) is 5.91 Å². The number of thiazole rings is 1. The van der Waals surface area contributed by atoms with Crippen LogP contribution < -0.4 is 14.8 Å². The average molecular weight is 446 g/mol. The van der Waals surface area contributed by atoms with E-state index in [1.165, 1.54) is 23.1 Å². The number of aryl methyl sites for hydroxylation is 1. The first-order valence-corrected chi connectivity index (χ1v) is 10.9. The lowest BCUT2D eigenvalue weighted by atomic mass is 10.2. The number of amides is 1. The van der Waals surface area contributed by atoms with Crippen molar-refractivity contribution in [1.82, 2.24) is 19.7 Å². The van der Waals surface area contributed by atoms with E-state index in [9.17, 15) is 4.79 Å². The number of allylic oxidation sites excluding steroid dienone is 1. The van der Waals surface area contributed by atoms with Crippen molar-refractivity contribution >= 4 is 34.1 Å². The summed E-state index contributed by atoms with van der Waals surface area (Å²) in [5.41, 5.74) is 1.70. The maximum Gasteiger partial charge on any atom is 0.239 e. The van der Waals surface area contributed by atoms with E-state index in [2.05, 4.69) is 27.1 Å². The number of nitrogens with one attached hydrogen (secondary N) is 1. The quantitative estimate of drug-likeness (QED) is 0.393. The van der Waals surface area contributed by atoms with Crippen LogP contribution in [0.3, 0.4) is 0 Å². The predicted octanol–water partition coefficient (Wildman–Crippen LogP) is 4.03. The summed E-state index contributed by atoms with van der Waals surface area (Å²) >= 11 is 2.73. The van der Waals surface area contributed by atoms with Crippen molar-refractivity contribution in [3.63, 3.8) is 0 Å². The van der Waals surface area contributed by atoms with Gasteiger partial charge in [0.15, 0.2) is 27.6 Å². The molecule has 0 aliphatic rings. The van der Waals surface area contributed by atoms with Crippen LogP contribution in [0.4, 0.5) is 5.13 Å². The first kappa shape index (κ1) is 21.8. The van der Waals surface area contributed by atoms with Crippen molar-refractivity contribution in [3.05, 3.63) is 41.9 Å². The Bertz CT molecular complexity index is 1050. The molecule has 2 heterocycles. The van der Waals surface area contributed by atoms with E-state index < -0.39 is 0 Å². The van der Waals surface area contributed by atoms with Gasteiger partial charge in [-0.25, -0.2) is 4.98 Å². The fourth-order valence-corrected chi connectivity index (χ4v) is 4.24. The van der Waals surface area contributed by atoms with Gasteiger partial charge >= 0.3 is 0 Å². The summed E-state index contributed by atoms with van der Waals surface area (Å²) in [5, 5.41) is 14.2. The summed E-state index contributed by atoms with van der Waals surface area (Å²) < 4.78 is 12.6. The molecule has 1 aromatic carbocycles. The van der Waals surface area contributed by atoms with Crippen molar-refractivity contribution < 1.29 is 14.3 Å². The number of hydrogen-bond donors (Lipinski definition) is 1. The third-order valence-electron chi connectivity index (χ3n) is 4.17. The van der Waals surface area contributed by atoms with Crippen LogP contribution >= 0.6 is 23.1 Å². The van der Waals surface area contributed by atoms with Gasteiger partial charge in [0.1, 0.15) is 0 Å². The van der Waals surface area contributed by atoms with Crippen LogP contribution in [-0.4, -0.2) is 45.1 Å². The monoisotopic (exact) mass is 445 g/mol. The van der Waals surface area contributed by atoms with Crippen molar-refractivity contribution in [3.8, 4) is 22.9 Å². The number of ether oxygens (including phenoxy) is 2. The van der Waals surface area contributed by atoms with Crippen molar-refractivity contribution in [2.75, 3.05) is 19.5 Å². The van der Waals surface area contributed by atoms with Crippen molar-refractivity contribution in [2.24, 2.45) is 0 Å². The fraction of sp³-hybridized carbons (Fsp3) is 0.300. The highest BCUT2D eigenvalue weighted by Crippen LogP contribution is 2.33. The van der Waals surface area contributed by atoms with E-state index >= 15 is 0 Å². The summed E-state index contributed by atoms with van der Waals surface area (Å²) in [6, 6.07) is 5.55. The lowest BCUT2D eigenvalue weighted by Crippen LogP contribution is -2.22. The molecule has 0 fully saturated rings. The summed E-state index contributed by atoms with van der Waals surface area (Å²) in [7, 11) is 3.17. The number of hydrogen-bond acceptors (Lipinski definition) is 8. The molecule has 1 unspecified atom stereocenters. The summed E-state index contributed by atoms with van der Waals surface area (Å²) in [6.45, 7) is 8.04. The molecule has 1 atom stereocenters. The van der Waals surface area contributed by atoms with Gasteiger partial charge in [0, 0.05) is 17.5 Å². The molecular weight excluding hydrogens is 422 g/mol. The van der Waals surface area contributed by atoms with Gasteiger partial charge in [-0.2, -0.15) is 0 Å². The molecule has 8 nitrogen and oxygen atoms in total. The predicted molar refractivity (Wildman–Crippen MR) is 120 cm³/mol. The zero-order valence-corrected chi connectivity index (χ0v) is 18.8.